The van der Waals surface area contributed by atoms with Gasteiger partial charge in [-0.05, 0) is 42.8 Å². The van der Waals surface area contributed by atoms with E-state index in [4.69, 9.17) is 13.7 Å². The molecule has 7 nitrogen and oxygen atoms in total. The van der Waals surface area contributed by atoms with Crippen molar-refractivity contribution >= 4 is 22.7 Å². The lowest BCUT2D eigenvalue weighted by Gasteiger charge is -2.22. The molecule has 8 heteroatoms. The number of nitrogens with zero attached hydrogens (tertiary/aromatic N) is 2. The summed E-state index contributed by atoms with van der Waals surface area (Å²) in [4.78, 5) is 28.2. The van der Waals surface area contributed by atoms with Crippen molar-refractivity contribution in [1.29, 1.82) is 0 Å². The standard InChI is InChI=1S/C24H17FN2O5/c1-3-9-30-16-6-4-5-14(11-16)21-20-22(28)17-12-15(25)7-8-18(17)31-23(20)24(29)27(21)19-10-13(2)32-26-19/h3-8,10-12,21H,1,9H2,2H3/t21-/m0/s1. The van der Waals surface area contributed by atoms with Gasteiger partial charge in [0, 0.05) is 6.07 Å². The van der Waals surface area contributed by atoms with Gasteiger partial charge in [-0.2, -0.15) is 0 Å². The molecule has 160 valence electrons. The Morgan fingerprint density at radius 2 is 2.06 bits per heavy atom. The molecule has 0 aliphatic carbocycles. The topological polar surface area (TPSA) is 85.8 Å². The molecule has 0 spiro atoms. The maximum atomic E-state index is 13.9. The van der Waals surface area contributed by atoms with Crippen LogP contribution in [0.5, 0.6) is 5.75 Å². The minimum absolute atomic E-state index is 0.0544. The fourth-order valence-electron chi connectivity index (χ4n) is 3.89. The van der Waals surface area contributed by atoms with Crippen molar-refractivity contribution in [2.75, 3.05) is 11.5 Å². The van der Waals surface area contributed by atoms with Gasteiger partial charge >= 0.3 is 0 Å². The van der Waals surface area contributed by atoms with Crippen LogP contribution in [0.25, 0.3) is 11.0 Å². The zero-order valence-electron chi connectivity index (χ0n) is 17.0. The van der Waals surface area contributed by atoms with Gasteiger partial charge < -0.3 is 13.7 Å². The van der Waals surface area contributed by atoms with Crippen molar-refractivity contribution in [3.8, 4) is 5.75 Å². The van der Waals surface area contributed by atoms with Crippen molar-refractivity contribution in [2.45, 2.75) is 13.0 Å². The number of benzene rings is 2. The van der Waals surface area contributed by atoms with E-state index in [0.29, 0.717) is 23.7 Å². The van der Waals surface area contributed by atoms with Crippen LogP contribution in [-0.2, 0) is 0 Å². The van der Waals surface area contributed by atoms with E-state index in [-0.39, 0.29) is 28.1 Å². The first-order valence-corrected chi connectivity index (χ1v) is 9.84. The first kappa shape index (κ1) is 19.7. The van der Waals surface area contributed by atoms with Crippen LogP contribution in [-0.4, -0.2) is 17.7 Å². The lowest BCUT2D eigenvalue weighted by atomic mass is 9.98. The van der Waals surface area contributed by atoms with E-state index in [1.807, 2.05) is 0 Å². The van der Waals surface area contributed by atoms with Gasteiger partial charge in [0.05, 0.1) is 17.0 Å². The van der Waals surface area contributed by atoms with Gasteiger partial charge in [-0.15, -0.1) is 0 Å². The summed E-state index contributed by atoms with van der Waals surface area (Å²) in [5.74, 6) is 0.0366. The highest BCUT2D eigenvalue weighted by atomic mass is 19.1. The highest BCUT2D eigenvalue weighted by Crippen LogP contribution is 2.41. The van der Waals surface area contributed by atoms with E-state index in [0.717, 1.165) is 6.07 Å². The Morgan fingerprint density at radius 3 is 2.81 bits per heavy atom. The Labute approximate surface area is 181 Å². The van der Waals surface area contributed by atoms with Crippen LogP contribution >= 0.6 is 0 Å². The maximum absolute atomic E-state index is 13.9. The highest BCUT2D eigenvalue weighted by Gasteiger charge is 2.45. The molecule has 2 aromatic carbocycles. The SMILES string of the molecule is C=CCOc1cccc([C@H]2c3c(oc4ccc(F)cc4c3=O)C(=O)N2c2cc(C)on2)c1. The third kappa shape index (κ3) is 3.08. The molecule has 0 fully saturated rings. The Morgan fingerprint density at radius 1 is 1.22 bits per heavy atom. The zero-order chi connectivity index (χ0) is 22.4. The molecular weight excluding hydrogens is 415 g/mol. The van der Waals surface area contributed by atoms with Crippen LogP contribution in [0.15, 0.2) is 74.9 Å². The lowest BCUT2D eigenvalue weighted by molar-refractivity contribution is 0.0969. The number of hydrogen-bond donors (Lipinski definition) is 0. The number of carbonyl (C=O) groups is 1. The molecule has 32 heavy (non-hydrogen) atoms. The summed E-state index contributed by atoms with van der Waals surface area (Å²) in [7, 11) is 0. The van der Waals surface area contributed by atoms with Gasteiger partial charge in [0.15, 0.2) is 11.2 Å². The Kier molecular flexibility index (Phi) is 4.62. The van der Waals surface area contributed by atoms with Gasteiger partial charge in [-0.25, -0.2) is 4.39 Å². The summed E-state index contributed by atoms with van der Waals surface area (Å²) in [6.07, 6.45) is 1.61. The number of aromatic nitrogens is 1. The molecule has 0 saturated carbocycles. The third-order valence-electron chi connectivity index (χ3n) is 5.24. The van der Waals surface area contributed by atoms with Gasteiger partial charge in [0.1, 0.15) is 29.5 Å². The quantitative estimate of drug-likeness (QED) is 0.431. The molecule has 1 atom stereocenters. The van der Waals surface area contributed by atoms with E-state index in [9.17, 15) is 14.0 Å². The maximum Gasteiger partial charge on any atom is 0.296 e. The van der Waals surface area contributed by atoms with Gasteiger partial charge in [-0.1, -0.05) is 29.9 Å². The summed E-state index contributed by atoms with van der Waals surface area (Å²) >= 11 is 0. The average molecular weight is 432 g/mol. The number of anilines is 1. The average Bonchev–Trinajstić information content (AvgIpc) is 3.34. The highest BCUT2D eigenvalue weighted by molar-refractivity contribution is 6.10. The zero-order valence-corrected chi connectivity index (χ0v) is 17.0. The Balaban J connectivity index is 1.77. The second-order valence-electron chi connectivity index (χ2n) is 7.36. The number of halogens is 1. The Bertz CT molecular complexity index is 1440. The van der Waals surface area contributed by atoms with E-state index < -0.39 is 23.2 Å². The molecule has 3 heterocycles. The number of fused-ring (bicyclic) bond motifs is 2. The third-order valence-corrected chi connectivity index (χ3v) is 5.24. The van der Waals surface area contributed by atoms with Crippen LogP contribution in [0.1, 0.15) is 33.5 Å². The van der Waals surface area contributed by atoms with Crippen molar-refractivity contribution in [1.82, 2.24) is 5.16 Å². The fourth-order valence-corrected chi connectivity index (χ4v) is 3.89. The van der Waals surface area contributed by atoms with Crippen molar-refractivity contribution in [2.24, 2.45) is 0 Å². The number of ether oxygens (including phenoxy) is 1. The van der Waals surface area contributed by atoms with E-state index in [1.54, 1.807) is 43.3 Å². The molecule has 2 aromatic heterocycles. The summed E-state index contributed by atoms with van der Waals surface area (Å²) in [5.41, 5.74) is 0.347. The monoisotopic (exact) mass is 432 g/mol. The fraction of sp³-hybridized carbons (Fsp3) is 0.125. The van der Waals surface area contributed by atoms with Crippen LogP contribution in [0.2, 0.25) is 0 Å². The predicted octanol–water partition coefficient (Wildman–Crippen LogP) is 4.54. The molecular formula is C24H17FN2O5. The molecule has 0 bridgehead atoms. The van der Waals surface area contributed by atoms with Crippen LogP contribution in [0, 0.1) is 12.7 Å². The molecule has 1 amide bonds. The molecule has 0 N–H and O–H groups in total. The molecule has 4 aromatic rings. The first-order chi connectivity index (χ1) is 15.5. The second-order valence-corrected chi connectivity index (χ2v) is 7.36. The molecule has 5 rings (SSSR count). The largest absolute Gasteiger partial charge is 0.490 e. The predicted molar refractivity (Wildman–Crippen MR) is 114 cm³/mol. The van der Waals surface area contributed by atoms with E-state index in [2.05, 4.69) is 11.7 Å². The van der Waals surface area contributed by atoms with Crippen LogP contribution < -0.4 is 15.1 Å². The summed E-state index contributed by atoms with van der Waals surface area (Å²) < 4.78 is 30.5. The van der Waals surface area contributed by atoms with Crippen molar-refractivity contribution in [3.63, 3.8) is 0 Å². The molecule has 0 saturated heterocycles. The van der Waals surface area contributed by atoms with Gasteiger partial charge in [-0.3, -0.25) is 14.5 Å². The molecule has 0 radical (unpaired) electrons. The van der Waals surface area contributed by atoms with Gasteiger partial charge in [0.2, 0.25) is 5.76 Å². The van der Waals surface area contributed by atoms with Crippen molar-refractivity contribution in [3.05, 3.63) is 99.9 Å². The van der Waals surface area contributed by atoms with Crippen molar-refractivity contribution < 1.29 is 22.9 Å². The molecule has 0 unspecified atom stereocenters. The van der Waals surface area contributed by atoms with E-state index in [1.165, 1.54) is 17.0 Å². The second kappa shape index (κ2) is 7.49. The smallest absolute Gasteiger partial charge is 0.296 e. The number of rotatable bonds is 5. The number of carbonyl (C=O) groups excluding carboxylic acids is 1. The minimum atomic E-state index is -0.863. The lowest BCUT2D eigenvalue weighted by Crippen LogP contribution is -2.29. The summed E-state index contributed by atoms with van der Waals surface area (Å²) in [5, 5.41) is 4.03. The minimum Gasteiger partial charge on any atom is -0.490 e. The Hall–Kier alpha value is -4.20. The molecule has 1 aliphatic heterocycles. The normalized spacial score (nSPS) is 15.2. The van der Waals surface area contributed by atoms with Gasteiger partial charge in [0.25, 0.3) is 5.91 Å². The van der Waals surface area contributed by atoms with Crippen LogP contribution in [0.4, 0.5) is 10.2 Å². The number of amides is 1. The molecule has 1 aliphatic rings. The van der Waals surface area contributed by atoms with E-state index >= 15 is 0 Å². The van der Waals surface area contributed by atoms with Crippen LogP contribution in [0.3, 0.4) is 0 Å². The summed E-state index contributed by atoms with van der Waals surface area (Å²) in [6.45, 7) is 5.63. The first-order valence-electron chi connectivity index (χ1n) is 9.84. The number of hydrogen-bond acceptors (Lipinski definition) is 6. The number of aryl methyl sites for hydroxylation is 1. The summed E-state index contributed by atoms with van der Waals surface area (Å²) in [6, 6.07) is 11.4.